The van der Waals surface area contributed by atoms with Gasteiger partial charge in [0.2, 0.25) is 5.91 Å². The van der Waals surface area contributed by atoms with E-state index in [0.717, 1.165) is 24.2 Å². The molecule has 0 saturated carbocycles. The Morgan fingerprint density at radius 1 is 1.29 bits per heavy atom. The van der Waals surface area contributed by atoms with Crippen LogP contribution in [0.3, 0.4) is 0 Å². The molecule has 114 valence electrons. The highest BCUT2D eigenvalue weighted by Crippen LogP contribution is 2.25. The molecule has 0 spiro atoms. The molecule has 2 N–H and O–H groups in total. The number of amides is 1. The number of aryl methyl sites for hydroxylation is 1. The fourth-order valence-corrected chi connectivity index (χ4v) is 2.53. The molecule has 1 amide bonds. The lowest BCUT2D eigenvalue weighted by atomic mass is 10.1. The number of nitrogens with one attached hydrogen (secondary N) is 2. The van der Waals surface area contributed by atoms with Gasteiger partial charge in [0, 0.05) is 17.4 Å². The molecule has 0 fully saturated rings. The first-order valence-electron chi connectivity index (χ1n) is 6.66. The van der Waals surface area contributed by atoms with Crippen molar-refractivity contribution in [2.24, 2.45) is 0 Å². The standard InChI is InChI=1S/C15H19N3OS.ClH/c1-11-5-7-12(8-6-11)13-10-20-15(17-13)18-14(19)4-3-9-16-2;/h5-8,10,16H,3-4,9H2,1-2H3,(H,17,18,19);1H. The Labute approximate surface area is 135 Å². The molecule has 2 rings (SSSR count). The molecule has 0 aliphatic rings. The molecular weight excluding hydrogens is 306 g/mol. The average molecular weight is 326 g/mol. The fraction of sp³-hybridized carbons (Fsp3) is 0.333. The highest BCUT2D eigenvalue weighted by molar-refractivity contribution is 7.14. The van der Waals surface area contributed by atoms with Gasteiger partial charge < -0.3 is 10.6 Å². The smallest absolute Gasteiger partial charge is 0.226 e. The van der Waals surface area contributed by atoms with Crippen molar-refractivity contribution in [1.82, 2.24) is 10.3 Å². The highest BCUT2D eigenvalue weighted by Gasteiger charge is 2.07. The molecule has 6 heteroatoms. The van der Waals surface area contributed by atoms with Gasteiger partial charge in [-0.05, 0) is 26.9 Å². The monoisotopic (exact) mass is 325 g/mol. The van der Waals surface area contributed by atoms with E-state index in [2.05, 4.69) is 34.7 Å². The van der Waals surface area contributed by atoms with Gasteiger partial charge in [0.1, 0.15) is 0 Å². The van der Waals surface area contributed by atoms with Crippen molar-refractivity contribution in [1.29, 1.82) is 0 Å². The van der Waals surface area contributed by atoms with Crippen LogP contribution in [0.1, 0.15) is 18.4 Å². The van der Waals surface area contributed by atoms with Gasteiger partial charge in [0.05, 0.1) is 5.69 Å². The predicted molar refractivity (Wildman–Crippen MR) is 91.3 cm³/mol. The number of carbonyl (C=O) groups excluding carboxylic acids is 1. The minimum Gasteiger partial charge on any atom is -0.320 e. The number of carbonyl (C=O) groups is 1. The van der Waals surface area contributed by atoms with Crippen molar-refractivity contribution < 1.29 is 4.79 Å². The van der Waals surface area contributed by atoms with E-state index in [4.69, 9.17) is 0 Å². The van der Waals surface area contributed by atoms with E-state index in [0.29, 0.717) is 11.6 Å². The largest absolute Gasteiger partial charge is 0.320 e. The molecule has 0 bridgehead atoms. The Kier molecular flexibility index (Phi) is 7.36. The molecule has 1 aromatic heterocycles. The summed E-state index contributed by atoms with van der Waals surface area (Å²) in [6.07, 6.45) is 1.35. The summed E-state index contributed by atoms with van der Waals surface area (Å²) >= 11 is 1.46. The average Bonchev–Trinajstić information content (AvgIpc) is 2.88. The Balaban J connectivity index is 0.00000220. The van der Waals surface area contributed by atoms with E-state index >= 15 is 0 Å². The molecular formula is C15H20ClN3OS. The number of anilines is 1. The normalized spacial score (nSPS) is 10.0. The van der Waals surface area contributed by atoms with Crippen LogP contribution in [0.5, 0.6) is 0 Å². The summed E-state index contributed by atoms with van der Waals surface area (Å²) in [7, 11) is 1.88. The molecule has 0 atom stereocenters. The Morgan fingerprint density at radius 2 is 2.00 bits per heavy atom. The van der Waals surface area contributed by atoms with Crippen molar-refractivity contribution in [2.45, 2.75) is 19.8 Å². The van der Waals surface area contributed by atoms with Crippen LogP contribution >= 0.6 is 23.7 Å². The first kappa shape index (κ1) is 17.6. The van der Waals surface area contributed by atoms with Crippen LogP contribution in [-0.4, -0.2) is 24.5 Å². The molecule has 0 saturated heterocycles. The van der Waals surface area contributed by atoms with Crippen LogP contribution in [0.4, 0.5) is 5.13 Å². The van der Waals surface area contributed by atoms with Crippen LogP contribution in [0.2, 0.25) is 0 Å². The summed E-state index contributed by atoms with van der Waals surface area (Å²) in [6.45, 7) is 2.90. The van der Waals surface area contributed by atoms with Crippen molar-refractivity contribution in [2.75, 3.05) is 18.9 Å². The van der Waals surface area contributed by atoms with Gasteiger partial charge in [-0.25, -0.2) is 4.98 Å². The van der Waals surface area contributed by atoms with Gasteiger partial charge >= 0.3 is 0 Å². The number of halogens is 1. The van der Waals surface area contributed by atoms with E-state index in [-0.39, 0.29) is 18.3 Å². The summed E-state index contributed by atoms with van der Waals surface area (Å²) in [5, 5.41) is 8.50. The molecule has 21 heavy (non-hydrogen) atoms. The number of hydrogen-bond acceptors (Lipinski definition) is 4. The van der Waals surface area contributed by atoms with Gasteiger partial charge in [-0.2, -0.15) is 0 Å². The second-order valence-electron chi connectivity index (χ2n) is 4.66. The minimum absolute atomic E-state index is 0. The lowest BCUT2D eigenvalue weighted by Crippen LogP contribution is -2.15. The molecule has 4 nitrogen and oxygen atoms in total. The maximum Gasteiger partial charge on any atom is 0.226 e. The number of aromatic nitrogens is 1. The summed E-state index contributed by atoms with van der Waals surface area (Å²) < 4.78 is 0. The molecule has 0 aliphatic heterocycles. The predicted octanol–water partition coefficient (Wildman–Crippen LogP) is 3.48. The van der Waals surface area contributed by atoms with E-state index in [1.165, 1.54) is 16.9 Å². The zero-order valence-electron chi connectivity index (χ0n) is 12.2. The van der Waals surface area contributed by atoms with Crippen molar-refractivity contribution in [3.8, 4) is 11.3 Å². The molecule has 0 aliphatic carbocycles. The van der Waals surface area contributed by atoms with Crippen LogP contribution in [0.15, 0.2) is 29.6 Å². The van der Waals surface area contributed by atoms with Crippen molar-refractivity contribution in [3.05, 3.63) is 35.2 Å². The SMILES string of the molecule is CNCCCC(=O)Nc1nc(-c2ccc(C)cc2)cs1.Cl. The number of nitrogens with zero attached hydrogens (tertiary/aromatic N) is 1. The summed E-state index contributed by atoms with van der Waals surface area (Å²) in [5.74, 6) is 0.0186. The second-order valence-corrected chi connectivity index (χ2v) is 5.52. The molecule has 0 radical (unpaired) electrons. The maximum absolute atomic E-state index is 11.7. The zero-order chi connectivity index (χ0) is 14.4. The van der Waals surface area contributed by atoms with Crippen LogP contribution in [-0.2, 0) is 4.79 Å². The lowest BCUT2D eigenvalue weighted by Gasteiger charge is -2.01. The summed E-state index contributed by atoms with van der Waals surface area (Å²) in [4.78, 5) is 16.2. The van der Waals surface area contributed by atoms with Crippen LogP contribution < -0.4 is 10.6 Å². The van der Waals surface area contributed by atoms with Gasteiger partial charge in [0.15, 0.2) is 5.13 Å². The minimum atomic E-state index is 0. The van der Waals surface area contributed by atoms with Crippen LogP contribution in [0.25, 0.3) is 11.3 Å². The van der Waals surface area contributed by atoms with E-state index in [1.54, 1.807) is 0 Å². The maximum atomic E-state index is 11.7. The summed E-state index contributed by atoms with van der Waals surface area (Å²) in [5.41, 5.74) is 3.20. The summed E-state index contributed by atoms with van der Waals surface area (Å²) in [6, 6.07) is 8.21. The van der Waals surface area contributed by atoms with E-state index < -0.39 is 0 Å². The molecule has 1 aromatic carbocycles. The molecule has 2 aromatic rings. The Hall–Kier alpha value is -1.43. The van der Waals surface area contributed by atoms with Crippen molar-refractivity contribution in [3.63, 3.8) is 0 Å². The zero-order valence-corrected chi connectivity index (χ0v) is 13.8. The number of rotatable bonds is 6. The van der Waals surface area contributed by atoms with Gasteiger partial charge in [-0.15, -0.1) is 23.7 Å². The topological polar surface area (TPSA) is 54.0 Å². The van der Waals surface area contributed by atoms with E-state index in [1.807, 2.05) is 24.6 Å². The number of benzene rings is 1. The first-order chi connectivity index (χ1) is 9.69. The quantitative estimate of drug-likeness (QED) is 0.799. The Bertz CT molecular complexity index is 569. The molecule has 1 heterocycles. The Morgan fingerprint density at radius 3 is 2.67 bits per heavy atom. The van der Waals surface area contributed by atoms with E-state index in [9.17, 15) is 4.79 Å². The van der Waals surface area contributed by atoms with Gasteiger partial charge in [-0.1, -0.05) is 29.8 Å². The fourth-order valence-electron chi connectivity index (χ4n) is 1.80. The first-order valence-corrected chi connectivity index (χ1v) is 7.54. The van der Waals surface area contributed by atoms with Gasteiger partial charge in [0.25, 0.3) is 0 Å². The second kappa shape index (κ2) is 8.77. The van der Waals surface area contributed by atoms with Crippen LogP contribution in [0, 0.1) is 6.92 Å². The van der Waals surface area contributed by atoms with Gasteiger partial charge in [-0.3, -0.25) is 4.79 Å². The third-order valence-corrected chi connectivity index (χ3v) is 3.69. The third-order valence-electron chi connectivity index (χ3n) is 2.93. The number of hydrogen-bond donors (Lipinski definition) is 2. The third kappa shape index (κ3) is 5.46. The number of thiazole rings is 1. The van der Waals surface area contributed by atoms with Crippen molar-refractivity contribution >= 4 is 34.8 Å². The highest BCUT2D eigenvalue weighted by atomic mass is 35.5. The lowest BCUT2D eigenvalue weighted by molar-refractivity contribution is -0.116. The molecule has 0 unspecified atom stereocenters.